The normalized spacial score (nSPS) is 30.1. The lowest BCUT2D eigenvalue weighted by molar-refractivity contribution is -0.129. The highest BCUT2D eigenvalue weighted by Gasteiger charge is 2.36. The van der Waals surface area contributed by atoms with Crippen LogP contribution in [-0.4, -0.2) is 19.0 Å². The number of primary amides is 1. The molecule has 0 spiro atoms. The highest BCUT2D eigenvalue weighted by Crippen LogP contribution is 2.30. The number of carbonyl (C=O) groups excluding carboxylic acids is 1. The predicted octanol–water partition coefficient (Wildman–Crippen LogP) is 0.642. The maximum absolute atomic E-state index is 11.2. The smallest absolute Gasteiger partial charge is 0.224 e. The molecule has 1 rings (SSSR count). The molecule has 0 aromatic heterocycles. The molecule has 0 bridgehead atoms. The van der Waals surface area contributed by atoms with Crippen molar-refractivity contribution in [3.63, 3.8) is 0 Å². The summed E-state index contributed by atoms with van der Waals surface area (Å²) in [5, 5.41) is 3.24. The quantitative estimate of drug-likeness (QED) is 0.653. The van der Waals surface area contributed by atoms with Gasteiger partial charge in [0.05, 0.1) is 5.41 Å². The molecular formula is C9H18N2O. The second-order valence-corrected chi connectivity index (χ2v) is 3.67. The van der Waals surface area contributed by atoms with E-state index in [4.69, 9.17) is 5.73 Å². The Labute approximate surface area is 73.7 Å². The fourth-order valence-electron chi connectivity index (χ4n) is 1.99. The Balaban J connectivity index is 2.63. The monoisotopic (exact) mass is 170 g/mol. The fourth-order valence-corrected chi connectivity index (χ4v) is 1.99. The molecule has 3 nitrogen and oxygen atoms in total. The molecule has 0 saturated carbocycles. The zero-order valence-electron chi connectivity index (χ0n) is 7.73. The highest BCUT2D eigenvalue weighted by atomic mass is 16.1. The summed E-state index contributed by atoms with van der Waals surface area (Å²) in [6.45, 7) is 3.90. The number of hydrogen-bond donors (Lipinski definition) is 2. The third-order valence-electron chi connectivity index (χ3n) is 2.72. The lowest BCUT2D eigenvalue weighted by Crippen LogP contribution is -2.48. The van der Waals surface area contributed by atoms with Gasteiger partial charge in [-0.2, -0.15) is 0 Å². The molecule has 1 atom stereocenters. The third-order valence-corrected chi connectivity index (χ3v) is 2.72. The van der Waals surface area contributed by atoms with E-state index in [2.05, 4.69) is 12.2 Å². The van der Waals surface area contributed by atoms with E-state index >= 15 is 0 Å². The largest absolute Gasteiger partial charge is 0.369 e. The van der Waals surface area contributed by atoms with Crippen LogP contribution in [-0.2, 0) is 4.79 Å². The average Bonchev–Trinajstić information content (AvgIpc) is 2.06. The van der Waals surface area contributed by atoms with Crippen LogP contribution in [0, 0.1) is 5.41 Å². The van der Waals surface area contributed by atoms with Gasteiger partial charge < -0.3 is 11.1 Å². The van der Waals surface area contributed by atoms with Crippen molar-refractivity contribution in [3.05, 3.63) is 0 Å². The Morgan fingerprint density at radius 1 is 1.67 bits per heavy atom. The molecule has 1 amide bonds. The summed E-state index contributed by atoms with van der Waals surface area (Å²) in [6.07, 6.45) is 3.99. The molecule has 1 aliphatic rings. The summed E-state index contributed by atoms with van der Waals surface area (Å²) < 4.78 is 0. The molecular weight excluding hydrogens is 152 g/mol. The number of amides is 1. The first-order valence-electron chi connectivity index (χ1n) is 4.72. The van der Waals surface area contributed by atoms with Crippen molar-refractivity contribution in [3.8, 4) is 0 Å². The minimum absolute atomic E-state index is 0.128. The van der Waals surface area contributed by atoms with Crippen molar-refractivity contribution in [2.24, 2.45) is 11.1 Å². The maximum Gasteiger partial charge on any atom is 0.224 e. The molecule has 1 saturated heterocycles. The van der Waals surface area contributed by atoms with Gasteiger partial charge in [-0.25, -0.2) is 0 Å². The van der Waals surface area contributed by atoms with Gasteiger partial charge in [0.25, 0.3) is 0 Å². The topological polar surface area (TPSA) is 55.1 Å². The second kappa shape index (κ2) is 3.90. The molecule has 12 heavy (non-hydrogen) atoms. The van der Waals surface area contributed by atoms with E-state index in [9.17, 15) is 4.79 Å². The fraction of sp³-hybridized carbons (Fsp3) is 0.889. The molecule has 3 heteroatoms. The van der Waals surface area contributed by atoms with Crippen molar-refractivity contribution in [2.75, 3.05) is 13.1 Å². The summed E-state index contributed by atoms with van der Waals surface area (Å²) in [4.78, 5) is 11.2. The number of rotatable bonds is 3. The van der Waals surface area contributed by atoms with Crippen molar-refractivity contribution in [2.45, 2.75) is 32.6 Å². The lowest BCUT2D eigenvalue weighted by Gasteiger charge is -2.34. The number of piperidine rings is 1. The van der Waals surface area contributed by atoms with Crippen LogP contribution < -0.4 is 11.1 Å². The highest BCUT2D eigenvalue weighted by molar-refractivity contribution is 5.81. The van der Waals surface area contributed by atoms with Gasteiger partial charge >= 0.3 is 0 Å². The van der Waals surface area contributed by atoms with Crippen molar-refractivity contribution in [1.29, 1.82) is 0 Å². The third kappa shape index (κ3) is 1.78. The Hall–Kier alpha value is -0.570. The van der Waals surface area contributed by atoms with E-state index < -0.39 is 0 Å². The van der Waals surface area contributed by atoms with Gasteiger partial charge in [0, 0.05) is 6.54 Å². The van der Waals surface area contributed by atoms with Crippen LogP contribution >= 0.6 is 0 Å². The van der Waals surface area contributed by atoms with Crippen LogP contribution in [0.15, 0.2) is 0 Å². The minimum Gasteiger partial charge on any atom is -0.369 e. The lowest BCUT2D eigenvalue weighted by atomic mass is 9.76. The van der Waals surface area contributed by atoms with Crippen LogP contribution in [0.2, 0.25) is 0 Å². The van der Waals surface area contributed by atoms with Gasteiger partial charge in [0.1, 0.15) is 0 Å². The molecule has 1 aliphatic heterocycles. The molecule has 1 heterocycles. The van der Waals surface area contributed by atoms with Crippen LogP contribution in [0.4, 0.5) is 0 Å². The molecule has 3 N–H and O–H groups in total. The predicted molar refractivity (Wildman–Crippen MR) is 48.6 cm³/mol. The molecule has 0 aromatic rings. The Morgan fingerprint density at radius 2 is 2.42 bits per heavy atom. The SMILES string of the molecule is CCCC1(C(N)=O)CCCNC1. The van der Waals surface area contributed by atoms with Gasteiger partial charge in [-0.05, 0) is 25.8 Å². The Bertz CT molecular complexity index is 156. The Morgan fingerprint density at radius 3 is 2.83 bits per heavy atom. The molecule has 1 fully saturated rings. The first kappa shape index (κ1) is 9.52. The van der Waals surface area contributed by atoms with Crippen LogP contribution in [0.1, 0.15) is 32.6 Å². The Kier molecular flexibility index (Phi) is 3.09. The summed E-state index contributed by atoms with van der Waals surface area (Å²) in [5.41, 5.74) is 5.17. The summed E-state index contributed by atoms with van der Waals surface area (Å²) >= 11 is 0. The van der Waals surface area contributed by atoms with Gasteiger partial charge in [0.15, 0.2) is 0 Å². The van der Waals surface area contributed by atoms with Crippen molar-refractivity contribution >= 4 is 5.91 Å². The summed E-state index contributed by atoms with van der Waals surface area (Å²) in [5.74, 6) is -0.128. The number of nitrogens with two attached hydrogens (primary N) is 1. The number of nitrogens with one attached hydrogen (secondary N) is 1. The first-order valence-corrected chi connectivity index (χ1v) is 4.72. The number of hydrogen-bond acceptors (Lipinski definition) is 2. The molecule has 1 unspecified atom stereocenters. The number of carbonyl (C=O) groups is 1. The maximum atomic E-state index is 11.2. The van der Waals surface area contributed by atoms with E-state index in [-0.39, 0.29) is 11.3 Å². The van der Waals surface area contributed by atoms with Crippen LogP contribution in [0.5, 0.6) is 0 Å². The van der Waals surface area contributed by atoms with Gasteiger partial charge in [-0.3, -0.25) is 4.79 Å². The zero-order valence-corrected chi connectivity index (χ0v) is 7.73. The van der Waals surface area contributed by atoms with E-state index in [0.29, 0.717) is 0 Å². The van der Waals surface area contributed by atoms with Crippen LogP contribution in [0.3, 0.4) is 0 Å². The van der Waals surface area contributed by atoms with E-state index in [1.54, 1.807) is 0 Å². The summed E-state index contributed by atoms with van der Waals surface area (Å²) in [6, 6.07) is 0. The standard InChI is InChI=1S/C9H18N2O/c1-2-4-9(8(10)12)5-3-6-11-7-9/h11H,2-7H2,1H3,(H2,10,12). The van der Waals surface area contributed by atoms with Crippen molar-refractivity contribution in [1.82, 2.24) is 5.32 Å². The van der Waals surface area contributed by atoms with E-state index in [1.807, 2.05) is 0 Å². The average molecular weight is 170 g/mol. The van der Waals surface area contributed by atoms with E-state index in [0.717, 1.165) is 38.8 Å². The second-order valence-electron chi connectivity index (χ2n) is 3.67. The summed E-state index contributed by atoms with van der Waals surface area (Å²) in [7, 11) is 0. The molecule has 0 aromatic carbocycles. The van der Waals surface area contributed by atoms with Gasteiger partial charge in [-0.15, -0.1) is 0 Å². The van der Waals surface area contributed by atoms with Gasteiger partial charge in [-0.1, -0.05) is 13.3 Å². The first-order chi connectivity index (χ1) is 5.71. The minimum atomic E-state index is -0.243. The van der Waals surface area contributed by atoms with Gasteiger partial charge in [0.2, 0.25) is 5.91 Å². The van der Waals surface area contributed by atoms with E-state index in [1.165, 1.54) is 0 Å². The zero-order chi connectivity index (χ0) is 9.03. The van der Waals surface area contributed by atoms with Crippen LogP contribution in [0.25, 0.3) is 0 Å². The molecule has 70 valence electrons. The molecule has 0 radical (unpaired) electrons. The van der Waals surface area contributed by atoms with Crippen molar-refractivity contribution < 1.29 is 4.79 Å². The molecule has 0 aliphatic carbocycles.